The summed E-state index contributed by atoms with van der Waals surface area (Å²) in [7, 11) is 0. The van der Waals surface area contributed by atoms with Gasteiger partial charge in [0.25, 0.3) is 5.91 Å². The molecule has 114 valence electrons. The van der Waals surface area contributed by atoms with Crippen LogP contribution in [0.1, 0.15) is 12.0 Å². The molecule has 0 saturated carbocycles. The summed E-state index contributed by atoms with van der Waals surface area (Å²) in [5.74, 6) is 0.804. The average molecular weight is 293 g/mol. The lowest BCUT2D eigenvalue weighted by Gasteiger charge is -2.10. The van der Waals surface area contributed by atoms with E-state index in [2.05, 4.69) is 10.5 Å². The Kier molecular flexibility index (Phi) is 5.39. The lowest BCUT2D eigenvalue weighted by atomic mass is 10.1. The number of carbonyl (C=O) groups is 1. The van der Waals surface area contributed by atoms with Crippen molar-refractivity contribution in [3.63, 3.8) is 0 Å². The van der Waals surface area contributed by atoms with Crippen LogP contribution in [0.3, 0.4) is 0 Å². The van der Waals surface area contributed by atoms with E-state index in [1.54, 1.807) is 24.3 Å². The number of rotatable bonds is 6. The number of nitrogens with one attached hydrogen (secondary N) is 1. The van der Waals surface area contributed by atoms with Crippen molar-refractivity contribution in [2.24, 2.45) is 16.8 Å². The van der Waals surface area contributed by atoms with Crippen molar-refractivity contribution in [2.45, 2.75) is 6.42 Å². The lowest BCUT2D eigenvalue weighted by molar-refractivity contribution is -0.123. The summed E-state index contributed by atoms with van der Waals surface area (Å²) in [6.45, 7) is 2.04. The molecule has 7 nitrogen and oxygen atoms in total. The van der Waals surface area contributed by atoms with Gasteiger partial charge in [0.05, 0.1) is 6.61 Å². The fourth-order valence-electron chi connectivity index (χ4n) is 1.98. The minimum absolute atomic E-state index is 0.0260. The molecule has 1 unspecified atom stereocenters. The Morgan fingerprint density at radius 3 is 2.86 bits per heavy atom. The molecular formula is C14H19N3O4. The van der Waals surface area contributed by atoms with Crippen LogP contribution in [0.5, 0.6) is 5.75 Å². The molecule has 1 heterocycles. The van der Waals surface area contributed by atoms with E-state index in [1.807, 2.05) is 0 Å². The van der Waals surface area contributed by atoms with Gasteiger partial charge in [0.15, 0.2) is 12.4 Å². The molecule has 2 rings (SSSR count). The summed E-state index contributed by atoms with van der Waals surface area (Å²) in [5.41, 5.74) is 6.03. The normalized spacial score (nSPS) is 18.5. The number of ether oxygens (including phenoxy) is 2. The molecule has 1 aliphatic rings. The maximum atomic E-state index is 11.6. The van der Waals surface area contributed by atoms with Crippen LogP contribution in [0.2, 0.25) is 0 Å². The van der Waals surface area contributed by atoms with Gasteiger partial charge in [-0.25, -0.2) is 0 Å². The van der Waals surface area contributed by atoms with Gasteiger partial charge in [-0.2, -0.15) is 0 Å². The molecule has 1 saturated heterocycles. The van der Waals surface area contributed by atoms with Gasteiger partial charge in [-0.3, -0.25) is 4.79 Å². The monoisotopic (exact) mass is 293 g/mol. The van der Waals surface area contributed by atoms with Crippen LogP contribution in [0, 0.1) is 5.92 Å². The lowest BCUT2D eigenvalue weighted by Crippen LogP contribution is -2.33. The number of hydrogen-bond donors (Lipinski definition) is 3. The van der Waals surface area contributed by atoms with E-state index in [4.69, 9.17) is 20.4 Å². The molecule has 1 aromatic carbocycles. The Labute approximate surface area is 122 Å². The van der Waals surface area contributed by atoms with Crippen molar-refractivity contribution in [3.8, 4) is 5.75 Å². The average Bonchev–Trinajstić information content (AvgIpc) is 3.04. The molecular weight excluding hydrogens is 274 g/mol. The van der Waals surface area contributed by atoms with Crippen LogP contribution in [-0.2, 0) is 9.53 Å². The minimum Gasteiger partial charge on any atom is -0.484 e. The van der Waals surface area contributed by atoms with Crippen LogP contribution >= 0.6 is 0 Å². The molecule has 0 aromatic heterocycles. The van der Waals surface area contributed by atoms with Crippen LogP contribution in [0.25, 0.3) is 0 Å². The Bertz CT molecular complexity index is 495. The van der Waals surface area contributed by atoms with Crippen molar-refractivity contribution in [3.05, 3.63) is 29.8 Å². The maximum absolute atomic E-state index is 11.6. The first-order valence-electron chi connectivity index (χ1n) is 6.74. The molecule has 1 aromatic rings. The highest BCUT2D eigenvalue weighted by Gasteiger charge is 2.16. The second-order valence-corrected chi connectivity index (χ2v) is 4.83. The van der Waals surface area contributed by atoms with Crippen molar-refractivity contribution in [1.82, 2.24) is 5.32 Å². The summed E-state index contributed by atoms with van der Waals surface area (Å²) in [6.07, 6.45) is 0.983. The van der Waals surface area contributed by atoms with E-state index >= 15 is 0 Å². The quantitative estimate of drug-likeness (QED) is 0.303. The van der Waals surface area contributed by atoms with Crippen LogP contribution < -0.4 is 15.8 Å². The van der Waals surface area contributed by atoms with E-state index in [1.165, 1.54) is 0 Å². The van der Waals surface area contributed by atoms with Gasteiger partial charge in [-0.15, -0.1) is 0 Å². The number of hydrogen-bond acceptors (Lipinski definition) is 5. The van der Waals surface area contributed by atoms with Gasteiger partial charge in [0.2, 0.25) is 0 Å². The largest absolute Gasteiger partial charge is 0.484 e. The van der Waals surface area contributed by atoms with Gasteiger partial charge < -0.3 is 25.7 Å². The number of nitrogens with two attached hydrogens (primary N) is 1. The Morgan fingerprint density at radius 1 is 1.48 bits per heavy atom. The molecule has 1 fully saturated rings. The highest BCUT2D eigenvalue weighted by Crippen LogP contribution is 2.12. The zero-order chi connectivity index (χ0) is 15.1. The molecule has 7 heteroatoms. The van der Waals surface area contributed by atoms with E-state index in [-0.39, 0.29) is 18.3 Å². The predicted molar refractivity (Wildman–Crippen MR) is 76.4 cm³/mol. The standard InChI is InChI=1S/C14H19N3O4/c15-14(17-19)11-1-3-12(4-2-11)21-9-13(18)16-7-10-5-6-20-8-10/h1-4,10,19H,5-9H2,(H2,15,17)(H,16,18). The number of benzene rings is 1. The fraction of sp³-hybridized carbons (Fsp3) is 0.429. The molecule has 0 bridgehead atoms. The Morgan fingerprint density at radius 2 is 2.24 bits per heavy atom. The Hall–Kier alpha value is -2.28. The second kappa shape index (κ2) is 7.49. The minimum atomic E-state index is -0.164. The first kappa shape index (κ1) is 15.1. The maximum Gasteiger partial charge on any atom is 0.257 e. The van der Waals surface area contributed by atoms with Gasteiger partial charge >= 0.3 is 0 Å². The predicted octanol–water partition coefficient (Wildman–Crippen LogP) is 0.313. The third-order valence-electron chi connectivity index (χ3n) is 3.24. The number of amides is 1. The Balaban J connectivity index is 1.73. The smallest absolute Gasteiger partial charge is 0.257 e. The summed E-state index contributed by atoms with van der Waals surface area (Å²) < 4.78 is 10.6. The topological polar surface area (TPSA) is 106 Å². The molecule has 1 atom stereocenters. The van der Waals surface area contributed by atoms with Gasteiger partial charge in [-0.1, -0.05) is 5.16 Å². The van der Waals surface area contributed by atoms with Crippen LogP contribution in [0.15, 0.2) is 29.4 Å². The number of nitrogens with zero attached hydrogens (tertiary/aromatic N) is 1. The van der Waals surface area contributed by atoms with Gasteiger partial charge in [0, 0.05) is 24.6 Å². The highest BCUT2D eigenvalue weighted by molar-refractivity contribution is 5.97. The first-order valence-corrected chi connectivity index (χ1v) is 6.74. The van der Waals surface area contributed by atoms with Crippen molar-refractivity contribution < 1.29 is 19.5 Å². The fourth-order valence-corrected chi connectivity index (χ4v) is 1.98. The van der Waals surface area contributed by atoms with E-state index in [9.17, 15) is 4.79 Å². The molecule has 21 heavy (non-hydrogen) atoms. The van der Waals surface area contributed by atoms with Crippen molar-refractivity contribution >= 4 is 11.7 Å². The SMILES string of the molecule is NC(=NO)c1ccc(OCC(=O)NCC2CCOC2)cc1. The molecule has 1 amide bonds. The summed E-state index contributed by atoms with van der Waals surface area (Å²) in [6, 6.07) is 6.62. The molecule has 0 spiro atoms. The van der Waals surface area contributed by atoms with Crippen molar-refractivity contribution in [2.75, 3.05) is 26.4 Å². The number of amidine groups is 1. The second-order valence-electron chi connectivity index (χ2n) is 4.83. The third-order valence-corrected chi connectivity index (χ3v) is 3.24. The highest BCUT2D eigenvalue weighted by atomic mass is 16.5. The number of oxime groups is 1. The molecule has 0 radical (unpaired) electrons. The molecule has 0 aliphatic carbocycles. The molecule has 1 aliphatic heterocycles. The van der Waals surface area contributed by atoms with Crippen molar-refractivity contribution in [1.29, 1.82) is 0 Å². The van der Waals surface area contributed by atoms with E-state index < -0.39 is 0 Å². The zero-order valence-electron chi connectivity index (χ0n) is 11.6. The number of carbonyl (C=O) groups excluding carboxylic acids is 1. The van der Waals surface area contributed by atoms with E-state index in [0.717, 1.165) is 13.0 Å². The van der Waals surface area contributed by atoms with Gasteiger partial charge in [-0.05, 0) is 30.7 Å². The molecule has 4 N–H and O–H groups in total. The summed E-state index contributed by atoms with van der Waals surface area (Å²) in [5, 5.41) is 14.3. The third kappa shape index (κ3) is 4.64. The summed E-state index contributed by atoms with van der Waals surface area (Å²) >= 11 is 0. The van der Waals surface area contributed by atoms with Crippen LogP contribution in [-0.4, -0.2) is 43.3 Å². The van der Waals surface area contributed by atoms with E-state index in [0.29, 0.717) is 30.4 Å². The first-order chi connectivity index (χ1) is 10.2. The summed E-state index contributed by atoms with van der Waals surface area (Å²) in [4.78, 5) is 11.6. The zero-order valence-corrected chi connectivity index (χ0v) is 11.6. The van der Waals surface area contributed by atoms with Gasteiger partial charge in [0.1, 0.15) is 5.75 Å². The van der Waals surface area contributed by atoms with Crippen LogP contribution in [0.4, 0.5) is 0 Å².